The molecule has 0 saturated heterocycles. The molecule has 6 nitrogen and oxygen atoms in total. The zero-order chi connectivity index (χ0) is 15.1. The first-order chi connectivity index (χ1) is 9.51. The first-order valence-corrected chi connectivity index (χ1v) is 7.66. The molecule has 3 N–H and O–H groups in total. The van der Waals surface area contributed by atoms with Crippen molar-refractivity contribution >= 4 is 28.2 Å². The third-order valence-corrected chi connectivity index (χ3v) is 4.31. The van der Waals surface area contributed by atoms with Gasteiger partial charge in [0.2, 0.25) is 0 Å². The standard InChI is InChI=1S/C13H24N4O2S/c1-4-16(2)13-15-11(14)10(20-13)12(19)17(3)8-6-5-7-9-18/h18H,4-9,14H2,1-3H3. The number of nitrogens with zero attached hydrogens (tertiary/aromatic N) is 3. The molecule has 1 amide bonds. The summed E-state index contributed by atoms with van der Waals surface area (Å²) in [5.74, 6) is 0.220. The van der Waals surface area contributed by atoms with E-state index in [0.29, 0.717) is 17.2 Å². The van der Waals surface area contributed by atoms with Gasteiger partial charge in [-0.1, -0.05) is 11.3 Å². The molecule has 1 aromatic rings. The van der Waals surface area contributed by atoms with E-state index in [9.17, 15) is 4.79 Å². The average molecular weight is 300 g/mol. The fraction of sp³-hybridized carbons (Fsp3) is 0.692. The number of aromatic nitrogens is 1. The van der Waals surface area contributed by atoms with E-state index in [2.05, 4.69) is 4.98 Å². The molecule has 0 radical (unpaired) electrons. The van der Waals surface area contributed by atoms with Crippen LogP contribution in [0, 0.1) is 0 Å². The third-order valence-electron chi connectivity index (χ3n) is 3.14. The van der Waals surface area contributed by atoms with Crippen molar-refractivity contribution < 1.29 is 9.90 Å². The Morgan fingerprint density at radius 1 is 1.35 bits per heavy atom. The Bertz CT molecular complexity index is 436. The Balaban J connectivity index is 2.64. The van der Waals surface area contributed by atoms with E-state index in [1.807, 2.05) is 18.9 Å². The van der Waals surface area contributed by atoms with Gasteiger partial charge in [-0.3, -0.25) is 4.79 Å². The molecule has 0 saturated carbocycles. The van der Waals surface area contributed by atoms with Crippen molar-refractivity contribution in [1.29, 1.82) is 0 Å². The van der Waals surface area contributed by atoms with Crippen molar-refractivity contribution in [1.82, 2.24) is 9.88 Å². The van der Waals surface area contributed by atoms with Crippen LogP contribution in [-0.2, 0) is 0 Å². The number of nitrogens with two attached hydrogens (primary N) is 1. The number of thiazole rings is 1. The van der Waals surface area contributed by atoms with E-state index in [1.165, 1.54) is 11.3 Å². The van der Waals surface area contributed by atoms with E-state index < -0.39 is 0 Å². The molecule has 0 aliphatic rings. The van der Waals surface area contributed by atoms with Gasteiger partial charge in [0.1, 0.15) is 10.7 Å². The molecule has 0 atom stereocenters. The number of unbranched alkanes of at least 4 members (excludes halogenated alkanes) is 2. The Kier molecular flexibility index (Phi) is 6.74. The molecule has 0 aromatic carbocycles. The van der Waals surface area contributed by atoms with Gasteiger partial charge in [0.15, 0.2) is 5.13 Å². The number of aliphatic hydroxyl groups excluding tert-OH is 1. The van der Waals surface area contributed by atoms with Gasteiger partial charge in [-0.05, 0) is 26.2 Å². The minimum absolute atomic E-state index is 0.0836. The lowest BCUT2D eigenvalue weighted by Crippen LogP contribution is -2.27. The second-order valence-corrected chi connectivity index (χ2v) is 5.71. The highest BCUT2D eigenvalue weighted by molar-refractivity contribution is 7.18. The summed E-state index contributed by atoms with van der Waals surface area (Å²) >= 11 is 1.33. The number of rotatable bonds is 8. The minimum Gasteiger partial charge on any atom is -0.396 e. The maximum atomic E-state index is 12.3. The van der Waals surface area contributed by atoms with Crippen LogP contribution >= 0.6 is 11.3 Å². The summed E-state index contributed by atoms with van der Waals surface area (Å²) in [6.07, 6.45) is 2.56. The number of hydrogen-bond acceptors (Lipinski definition) is 6. The molecular formula is C13H24N4O2S. The maximum Gasteiger partial charge on any atom is 0.267 e. The zero-order valence-electron chi connectivity index (χ0n) is 12.4. The predicted octanol–water partition coefficient (Wildman–Crippen LogP) is 1.42. The van der Waals surface area contributed by atoms with Crippen LogP contribution in [0.2, 0.25) is 0 Å². The maximum absolute atomic E-state index is 12.3. The normalized spacial score (nSPS) is 10.6. The minimum atomic E-state index is -0.0836. The predicted molar refractivity (Wildman–Crippen MR) is 83.4 cm³/mol. The number of amides is 1. The van der Waals surface area contributed by atoms with Gasteiger partial charge in [-0.2, -0.15) is 0 Å². The van der Waals surface area contributed by atoms with Crippen LogP contribution in [0.4, 0.5) is 10.9 Å². The topological polar surface area (TPSA) is 82.7 Å². The highest BCUT2D eigenvalue weighted by atomic mass is 32.1. The van der Waals surface area contributed by atoms with E-state index in [1.54, 1.807) is 11.9 Å². The van der Waals surface area contributed by atoms with Gasteiger partial charge in [0, 0.05) is 33.8 Å². The lowest BCUT2D eigenvalue weighted by molar-refractivity contribution is 0.0797. The molecule has 0 spiro atoms. The van der Waals surface area contributed by atoms with Crippen LogP contribution in [0.25, 0.3) is 0 Å². The summed E-state index contributed by atoms with van der Waals surface area (Å²) in [7, 11) is 3.69. The first-order valence-electron chi connectivity index (χ1n) is 6.85. The van der Waals surface area contributed by atoms with Gasteiger partial charge < -0.3 is 20.6 Å². The molecule has 1 heterocycles. The summed E-state index contributed by atoms with van der Waals surface area (Å²) < 4.78 is 0. The molecule has 0 bridgehead atoms. The number of carbonyl (C=O) groups excluding carboxylic acids is 1. The van der Waals surface area contributed by atoms with Crippen molar-refractivity contribution in [3.8, 4) is 0 Å². The number of nitrogen functional groups attached to an aromatic ring is 1. The van der Waals surface area contributed by atoms with E-state index >= 15 is 0 Å². The fourth-order valence-electron chi connectivity index (χ4n) is 1.68. The van der Waals surface area contributed by atoms with Gasteiger partial charge in [-0.25, -0.2) is 4.98 Å². The fourth-order valence-corrected chi connectivity index (χ4v) is 2.69. The average Bonchev–Trinajstić information content (AvgIpc) is 2.83. The molecule has 1 aromatic heterocycles. The lowest BCUT2D eigenvalue weighted by Gasteiger charge is -2.16. The van der Waals surface area contributed by atoms with E-state index in [-0.39, 0.29) is 12.5 Å². The summed E-state index contributed by atoms with van der Waals surface area (Å²) in [6, 6.07) is 0. The van der Waals surface area contributed by atoms with Gasteiger partial charge in [-0.15, -0.1) is 0 Å². The van der Waals surface area contributed by atoms with Crippen LogP contribution in [0.5, 0.6) is 0 Å². The number of carbonyl (C=O) groups is 1. The number of anilines is 2. The molecule has 0 unspecified atom stereocenters. The van der Waals surface area contributed by atoms with Crippen LogP contribution in [0.3, 0.4) is 0 Å². The highest BCUT2D eigenvalue weighted by Gasteiger charge is 2.20. The third kappa shape index (κ3) is 4.35. The van der Waals surface area contributed by atoms with Crippen molar-refractivity contribution in [3.05, 3.63) is 4.88 Å². The molecular weight excluding hydrogens is 276 g/mol. The van der Waals surface area contributed by atoms with Crippen molar-refractivity contribution in [2.75, 3.05) is 44.4 Å². The Morgan fingerprint density at radius 2 is 2.05 bits per heavy atom. The molecule has 0 fully saturated rings. The number of hydrogen-bond donors (Lipinski definition) is 2. The second-order valence-electron chi connectivity index (χ2n) is 4.74. The van der Waals surface area contributed by atoms with Gasteiger partial charge in [0.25, 0.3) is 5.91 Å². The van der Waals surface area contributed by atoms with E-state index in [0.717, 1.165) is 30.9 Å². The lowest BCUT2D eigenvalue weighted by atomic mass is 10.2. The van der Waals surface area contributed by atoms with Crippen LogP contribution in [0.15, 0.2) is 0 Å². The summed E-state index contributed by atoms with van der Waals surface area (Å²) in [6.45, 7) is 3.70. The Hall–Kier alpha value is -1.34. The molecule has 20 heavy (non-hydrogen) atoms. The summed E-state index contributed by atoms with van der Waals surface area (Å²) in [4.78, 5) is 20.7. The first kappa shape index (κ1) is 16.7. The van der Waals surface area contributed by atoms with E-state index in [4.69, 9.17) is 10.8 Å². The molecule has 7 heteroatoms. The monoisotopic (exact) mass is 300 g/mol. The van der Waals surface area contributed by atoms with Crippen LogP contribution in [-0.4, -0.2) is 54.7 Å². The van der Waals surface area contributed by atoms with Gasteiger partial charge in [0.05, 0.1) is 0 Å². The zero-order valence-corrected chi connectivity index (χ0v) is 13.2. The van der Waals surface area contributed by atoms with Crippen LogP contribution in [0.1, 0.15) is 35.9 Å². The summed E-state index contributed by atoms with van der Waals surface area (Å²) in [5, 5.41) is 9.49. The smallest absolute Gasteiger partial charge is 0.267 e. The van der Waals surface area contributed by atoms with Gasteiger partial charge >= 0.3 is 0 Å². The molecule has 114 valence electrons. The Morgan fingerprint density at radius 3 is 2.65 bits per heavy atom. The van der Waals surface area contributed by atoms with Crippen molar-refractivity contribution in [3.63, 3.8) is 0 Å². The largest absolute Gasteiger partial charge is 0.396 e. The SMILES string of the molecule is CCN(C)c1nc(N)c(C(=O)N(C)CCCCCO)s1. The second kappa shape index (κ2) is 8.06. The van der Waals surface area contributed by atoms with Crippen molar-refractivity contribution in [2.45, 2.75) is 26.2 Å². The van der Waals surface area contributed by atoms with Crippen molar-refractivity contribution in [2.24, 2.45) is 0 Å². The Labute approximate surface area is 124 Å². The molecule has 1 rings (SSSR count). The molecule has 0 aliphatic carbocycles. The highest BCUT2D eigenvalue weighted by Crippen LogP contribution is 2.28. The quantitative estimate of drug-likeness (QED) is 0.709. The summed E-state index contributed by atoms with van der Waals surface area (Å²) in [5.41, 5.74) is 5.84. The number of aliphatic hydroxyl groups is 1. The van der Waals surface area contributed by atoms with Crippen LogP contribution < -0.4 is 10.6 Å². The molecule has 0 aliphatic heterocycles.